The van der Waals surface area contributed by atoms with E-state index in [-0.39, 0.29) is 12.3 Å². The molecule has 1 aromatic heterocycles. The average molecular weight is 261 g/mol. The summed E-state index contributed by atoms with van der Waals surface area (Å²) in [4.78, 5) is 34.1. The van der Waals surface area contributed by atoms with Gasteiger partial charge in [-0.25, -0.2) is 4.68 Å². The van der Waals surface area contributed by atoms with Crippen molar-refractivity contribution < 1.29 is 9.90 Å². The highest BCUT2D eigenvalue weighted by Crippen LogP contribution is 2.13. The van der Waals surface area contributed by atoms with Crippen molar-refractivity contribution in [3.8, 4) is 5.75 Å². The number of nitrogens with zero attached hydrogens (tertiary/aromatic N) is 1. The van der Waals surface area contributed by atoms with Crippen LogP contribution in [0.15, 0.2) is 46.0 Å². The van der Waals surface area contributed by atoms with Crippen LogP contribution in [0.1, 0.15) is 0 Å². The Bertz CT molecular complexity index is 700. The Labute approximate surface area is 107 Å². The van der Waals surface area contributed by atoms with Crippen LogP contribution >= 0.6 is 0 Å². The van der Waals surface area contributed by atoms with Gasteiger partial charge in [-0.2, -0.15) is 0 Å². The van der Waals surface area contributed by atoms with E-state index in [9.17, 15) is 14.4 Å². The zero-order valence-electron chi connectivity index (χ0n) is 9.79. The second-order valence-electron chi connectivity index (χ2n) is 3.83. The van der Waals surface area contributed by atoms with Crippen LogP contribution in [0.3, 0.4) is 0 Å². The lowest BCUT2D eigenvalue weighted by molar-refractivity contribution is -0.117. The maximum absolute atomic E-state index is 11.7. The number of H-pyrrole nitrogens is 1. The highest BCUT2D eigenvalue weighted by molar-refractivity contribution is 5.90. The molecule has 7 heteroatoms. The SMILES string of the molecule is O=C(Cn1[nH]c(=O)ccc1=O)Nc1ccc(O)cc1. The molecule has 0 aliphatic carbocycles. The number of nitrogens with one attached hydrogen (secondary N) is 2. The lowest BCUT2D eigenvalue weighted by Gasteiger charge is -2.06. The molecule has 3 N–H and O–H groups in total. The molecule has 0 radical (unpaired) electrons. The predicted molar refractivity (Wildman–Crippen MR) is 68.1 cm³/mol. The number of hydrogen-bond acceptors (Lipinski definition) is 4. The molecule has 0 bridgehead atoms. The molecule has 1 amide bonds. The summed E-state index contributed by atoms with van der Waals surface area (Å²) in [6.45, 7) is -0.296. The van der Waals surface area contributed by atoms with Crippen LogP contribution in [0.5, 0.6) is 5.75 Å². The maximum Gasteiger partial charge on any atom is 0.265 e. The molecule has 0 saturated heterocycles. The molecule has 1 heterocycles. The van der Waals surface area contributed by atoms with E-state index in [1.165, 1.54) is 24.3 Å². The molecule has 0 atom stereocenters. The number of anilines is 1. The van der Waals surface area contributed by atoms with Crippen LogP contribution in [-0.4, -0.2) is 20.8 Å². The zero-order chi connectivity index (χ0) is 13.8. The van der Waals surface area contributed by atoms with Gasteiger partial charge in [0, 0.05) is 17.8 Å². The smallest absolute Gasteiger partial charge is 0.265 e. The maximum atomic E-state index is 11.7. The third-order valence-electron chi connectivity index (χ3n) is 2.34. The summed E-state index contributed by atoms with van der Waals surface area (Å²) < 4.78 is 0.915. The van der Waals surface area contributed by atoms with Crippen LogP contribution in [0, 0.1) is 0 Å². The Balaban J connectivity index is 2.09. The van der Waals surface area contributed by atoms with Crippen LogP contribution in [0.25, 0.3) is 0 Å². The minimum atomic E-state index is -0.472. The number of amides is 1. The van der Waals surface area contributed by atoms with Gasteiger partial charge in [0.25, 0.3) is 11.1 Å². The van der Waals surface area contributed by atoms with Crippen molar-refractivity contribution in [1.82, 2.24) is 9.78 Å². The van der Waals surface area contributed by atoms with E-state index < -0.39 is 17.0 Å². The summed E-state index contributed by atoms with van der Waals surface area (Å²) in [7, 11) is 0. The number of phenols is 1. The van der Waals surface area contributed by atoms with Gasteiger partial charge < -0.3 is 10.4 Å². The normalized spacial score (nSPS) is 10.1. The number of hydrogen-bond donors (Lipinski definition) is 3. The number of carbonyl (C=O) groups is 1. The second kappa shape index (κ2) is 5.21. The first-order chi connectivity index (χ1) is 9.04. The van der Waals surface area contributed by atoms with Crippen molar-refractivity contribution in [2.45, 2.75) is 6.54 Å². The van der Waals surface area contributed by atoms with E-state index in [2.05, 4.69) is 10.4 Å². The predicted octanol–water partition coefficient (Wildman–Crippen LogP) is -0.119. The monoisotopic (exact) mass is 261 g/mol. The van der Waals surface area contributed by atoms with Crippen molar-refractivity contribution in [2.24, 2.45) is 0 Å². The van der Waals surface area contributed by atoms with Crippen LogP contribution in [-0.2, 0) is 11.3 Å². The molecule has 7 nitrogen and oxygen atoms in total. The Morgan fingerprint density at radius 2 is 1.84 bits per heavy atom. The molecule has 0 fully saturated rings. The van der Waals surface area contributed by atoms with Crippen LogP contribution in [0.2, 0.25) is 0 Å². The minimum absolute atomic E-state index is 0.0848. The number of aromatic nitrogens is 2. The number of carbonyl (C=O) groups excluding carboxylic acids is 1. The van der Waals surface area contributed by atoms with E-state index in [0.717, 1.165) is 16.8 Å². The molecule has 0 aliphatic heterocycles. The van der Waals surface area contributed by atoms with E-state index in [0.29, 0.717) is 5.69 Å². The fourth-order valence-electron chi connectivity index (χ4n) is 1.47. The fourth-order valence-corrected chi connectivity index (χ4v) is 1.47. The lowest BCUT2D eigenvalue weighted by atomic mass is 10.3. The average Bonchev–Trinajstić information content (AvgIpc) is 2.37. The van der Waals surface area contributed by atoms with Crippen LogP contribution < -0.4 is 16.4 Å². The van der Waals surface area contributed by atoms with Gasteiger partial charge in [-0.3, -0.25) is 19.5 Å². The summed E-state index contributed by atoms with van der Waals surface area (Å²) in [5.41, 5.74) is -0.452. The third kappa shape index (κ3) is 3.32. The molecule has 1 aromatic carbocycles. The highest BCUT2D eigenvalue weighted by Gasteiger charge is 2.05. The largest absolute Gasteiger partial charge is 0.508 e. The first-order valence-corrected chi connectivity index (χ1v) is 5.44. The Kier molecular flexibility index (Phi) is 3.46. The Morgan fingerprint density at radius 3 is 2.53 bits per heavy atom. The van der Waals surface area contributed by atoms with Gasteiger partial charge in [0.2, 0.25) is 5.91 Å². The van der Waals surface area contributed by atoms with Crippen LogP contribution in [0.4, 0.5) is 5.69 Å². The van der Waals surface area contributed by atoms with Gasteiger partial charge in [-0.05, 0) is 24.3 Å². The summed E-state index contributed by atoms with van der Waals surface area (Å²) in [6.07, 6.45) is 0. The summed E-state index contributed by atoms with van der Waals surface area (Å²) in [5, 5.41) is 13.9. The standard InChI is InChI=1S/C12H11N3O4/c16-9-3-1-8(2-4-9)13-11(18)7-15-12(19)6-5-10(17)14-15/h1-6,16H,7H2,(H,13,18)(H,14,17). The number of phenolic OH excluding ortho intramolecular Hbond substituents is 1. The zero-order valence-corrected chi connectivity index (χ0v) is 9.79. The van der Waals surface area contributed by atoms with Crippen molar-refractivity contribution >= 4 is 11.6 Å². The molecule has 19 heavy (non-hydrogen) atoms. The minimum Gasteiger partial charge on any atom is -0.508 e. The topological polar surface area (TPSA) is 104 Å². The van der Waals surface area contributed by atoms with E-state index in [4.69, 9.17) is 5.11 Å². The number of aromatic amines is 1. The molecule has 98 valence electrons. The van der Waals surface area contributed by atoms with Gasteiger partial charge in [0.05, 0.1) is 0 Å². The molecular formula is C12H11N3O4. The number of aromatic hydroxyl groups is 1. The molecule has 0 aliphatic rings. The molecule has 2 rings (SSSR count). The van der Waals surface area contributed by atoms with Gasteiger partial charge >= 0.3 is 0 Å². The summed E-state index contributed by atoms with van der Waals surface area (Å²) in [5.74, 6) is -0.378. The first-order valence-electron chi connectivity index (χ1n) is 5.44. The molecule has 0 spiro atoms. The summed E-state index contributed by atoms with van der Waals surface area (Å²) in [6, 6.07) is 8.06. The molecule has 2 aromatic rings. The Morgan fingerprint density at radius 1 is 1.16 bits per heavy atom. The van der Waals surface area contributed by atoms with Gasteiger partial charge in [-0.1, -0.05) is 0 Å². The molecule has 0 saturated carbocycles. The fraction of sp³-hybridized carbons (Fsp3) is 0.0833. The summed E-state index contributed by atoms with van der Waals surface area (Å²) >= 11 is 0. The quantitative estimate of drug-likeness (QED) is 0.670. The van der Waals surface area contributed by atoms with Gasteiger partial charge in [-0.15, -0.1) is 0 Å². The molecular weight excluding hydrogens is 250 g/mol. The van der Waals surface area contributed by atoms with Gasteiger partial charge in [0.1, 0.15) is 12.3 Å². The van der Waals surface area contributed by atoms with E-state index in [1.807, 2.05) is 0 Å². The van der Waals surface area contributed by atoms with Crippen molar-refractivity contribution in [3.63, 3.8) is 0 Å². The number of benzene rings is 1. The molecule has 0 unspecified atom stereocenters. The highest BCUT2D eigenvalue weighted by atomic mass is 16.3. The second-order valence-corrected chi connectivity index (χ2v) is 3.83. The third-order valence-corrected chi connectivity index (χ3v) is 2.34. The Hall–Kier alpha value is -2.83. The van der Waals surface area contributed by atoms with E-state index in [1.54, 1.807) is 0 Å². The van der Waals surface area contributed by atoms with E-state index >= 15 is 0 Å². The van der Waals surface area contributed by atoms with Crippen molar-refractivity contribution in [3.05, 3.63) is 57.1 Å². The van der Waals surface area contributed by atoms with Crippen molar-refractivity contribution in [2.75, 3.05) is 5.32 Å². The van der Waals surface area contributed by atoms with Crippen molar-refractivity contribution in [1.29, 1.82) is 0 Å². The number of rotatable bonds is 3. The lowest BCUT2D eigenvalue weighted by Crippen LogP contribution is -2.32. The van der Waals surface area contributed by atoms with Gasteiger partial charge in [0.15, 0.2) is 0 Å². The first kappa shape index (κ1) is 12.6.